The Balaban J connectivity index is 1.91. The zero-order valence-corrected chi connectivity index (χ0v) is 16.8. The maximum Gasteiger partial charge on any atom is 0.261 e. The molecule has 1 aromatic heterocycles. The molecule has 2 aromatic carbocycles. The van der Waals surface area contributed by atoms with Crippen LogP contribution < -0.4 is 15.4 Å². The van der Waals surface area contributed by atoms with Crippen LogP contribution in [0.25, 0.3) is 0 Å². The van der Waals surface area contributed by atoms with E-state index in [1.54, 1.807) is 42.2 Å². The highest BCUT2D eigenvalue weighted by atomic mass is 35.5. The average Bonchev–Trinajstić information content (AvgIpc) is 2.69. The van der Waals surface area contributed by atoms with E-state index >= 15 is 0 Å². The largest absolute Gasteiger partial charge is 0.324 e. The van der Waals surface area contributed by atoms with Crippen LogP contribution >= 0.6 is 11.6 Å². The topological polar surface area (TPSA) is 56.4 Å². The predicted octanol–water partition coefficient (Wildman–Crippen LogP) is 4.79. The van der Waals surface area contributed by atoms with Crippen molar-refractivity contribution in [1.82, 2.24) is 4.98 Å². The molecule has 0 aliphatic carbocycles. The lowest BCUT2D eigenvalue weighted by atomic mass is 10.0. The van der Waals surface area contributed by atoms with E-state index in [9.17, 15) is 14.0 Å². The molecule has 2 heterocycles. The van der Waals surface area contributed by atoms with Crippen LogP contribution in [0.3, 0.4) is 0 Å². The minimum Gasteiger partial charge on any atom is -0.324 e. The lowest BCUT2D eigenvalue weighted by Gasteiger charge is -2.39. The fourth-order valence-electron chi connectivity index (χ4n) is 3.70. The number of aromatic nitrogens is 1. The van der Waals surface area contributed by atoms with E-state index in [-0.39, 0.29) is 24.0 Å². The first-order chi connectivity index (χ1) is 13.9. The molecule has 1 amide bonds. The lowest BCUT2D eigenvalue weighted by molar-refractivity contribution is 0.0983. The molecule has 0 atom stereocenters. The Hall–Kier alpha value is -3.12. The first kappa shape index (κ1) is 19.2. The van der Waals surface area contributed by atoms with Crippen LogP contribution in [0.4, 0.5) is 21.5 Å². The second kappa shape index (κ2) is 7.37. The molecule has 29 heavy (non-hydrogen) atoms. The number of rotatable bonds is 3. The van der Waals surface area contributed by atoms with Crippen molar-refractivity contribution in [3.8, 4) is 0 Å². The minimum atomic E-state index is -0.302. The van der Waals surface area contributed by atoms with Gasteiger partial charge < -0.3 is 9.88 Å². The van der Waals surface area contributed by atoms with Crippen molar-refractivity contribution < 1.29 is 9.18 Å². The summed E-state index contributed by atoms with van der Waals surface area (Å²) in [6, 6.07) is 12.8. The summed E-state index contributed by atoms with van der Waals surface area (Å²) < 4.78 is 13.8. The highest BCUT2D eigenvalue weighted by molar-refractivity contribution is 6.31. The van der Waals surface area contributed by atoms with Gasteiger partial charge in [-0.3, -0.25) is 14.5 Å². The molecule has 4 rings (SSSR count). The Morgan fingerprint density at radius 3 is 2.45 bits per heavy atom. The SMILES string of the molecule is CCc1cc(F)ccc1N1CN(c2ccc(=O)[nH]c2C)C(=O)c2cc(Cl)ccc21. The summed E-state index contributed by atoms with van der Waals surface area (Å²) in [4.78, 5) is 31.2. The third-order valence-corrected chi connectivity index (χ3v) is 5.33. The maximum atomic E-state index is 13.8. The van der Waals surface area contributed by atoms with Gasteiger partial charge in [-0.05, 0) is 61.4 Å². The molecule has 0 spiro atoms. The van der Waals surface area contributed by atoms with Crippen LogP contribution in [-0.2, 0) is 6.42 Å². The second-order valence-corrected chi connectivity index (χ2v) is 7.36. The second-order valence-electron chi connectivity index (χ2n) is 6.92. The molecule has 0 bridgehead atoms. The van der Waals surface area contributed by atoms with Crippen molar-refractivity contribution in [2.45, 2.75) is 20.3 Å². The summed E-state index contributed by atoms with van der Waals surface area (Å²) in [6.07, 6.45) is 0.637. The van der Waals surface area contributed by atoms with Crippen LogP contribution in [0, 0.1) is 12.7 Å². The van der Waals surface area contributed by atoms with Crippen LogP contribution in [-0.4, -0.2) is 17.6 Å². The van der Waals surface area contributed by atoms with Crippen LogP contribution in [0.5, 0.6) is 0 Å². The minimum absolute atomic E-state index is 0.214. The Labute approximate surface area is 172 Å². The number of amides is 1. The monoisotopic (exact) mass is 411 g/mol. The first-order valence-corrected chi connectivity index (χ1v) is 9.64. The van der Waals surface area contributed by atoms with E-state index in [1.165, 1.54) is 18.2 Å². The third-order valence-electron chi connectivity index (χ3n) is 5.10. The molecule has 0 saturated carbocycles. The standard InChI is InChI=1S/C22H19ClFN3O2/c1-3-14-10-16(24)5-7-19(14)26-12-27(18-8-9-21(28)25-13(18)2)22(29)17-11-15(23)4-6-20(17)26/h4-11H,3,12H2,1-2H3,(H,25,28). The quantitative estimate of drug-likeness (QED) is 0.673. The van der Waals surface area contributed by atoms with Gasteiger partial charge >= 0.3 is 0 Å². The van der Waals surface area contributed by atoms with Gasteiger partial charge in [-0.2, -0.15) is 0 Å². The van der Waals surface area contributed by atoms with Crippen LogP contribution in [0.1, 0.15) is 28.5 Å². The van der Waals surface area contributed by atoms with Gasteiger partial charge in [0.2, 0.25) is 5.56 Å². The fraction of sp³-hybridized carbons (Fsp3) is 0.182. The van der Waals surface area contributed by atoms with Crippen molar-refractivity contribution in [3.05, 3.63) is 86.5 Å². The van der Waals surface area contributed by atoms with Crippen molar-refractivity contribution in [3.63, 3.8) is 0 Å². The number of anilines is 3. The predicted molar refractivity (Wildman–Crippen MR) is 113 cm³/mol. The number of halogens is 2. The number of nitrogens with zero attached hydrogens (tertiary/aromatic N) is 2. The molecule has 0 unspecified atom stereocenters. The van der Waals surface area contributed by atoms with Gasteiger partial charge in [0.15, 0.2) is 0 Å². The van der Waals surface area contributed by atoms with Crippen molar-refractivity contribution in [2.24, 2.45) is 0 Å². The smallest absolute Gasteiger partial charge is 0.261 e. The van der Waals surface area contributed by atoms with Gasteiger partial charge in [0.1, 0.15) is 12.5 Å². The zero-order chi connectivity index (χ0) is 20.7. The number of carbonyl (C=O) groups is 1. The third kappa shape index (κ3) is 3.40. The summed E-state index contributed by atoms with van der Waals surface area (Å²) in [7, 11) is 0. The number of pyridine rings is 1. The molecule has 5 nitrogen and oxygen atoms in total. The summed E-state index contributed by atoms with van der Waals surface area (Å²) >= 11 is 6.17. The highest BCUT2D eigenvalue weighted by Crippen LogP contribution is 2.38. The number of carbonyl (C=O) groups excluding carboxylic acids is 1. The number of fused-ring (bicyclic) bond motifs is 1. The summed E-state index contributed by atoms with van der Waals surface area (Å²) in [5.41, 5.74) is 3.76. The number of hydrogen-bond acceptors (Lipinski definition) is 3. The molecule has 0 saturated heterocycles. The Bertz CT molecular complexity index is 1170. The van der Waals surface area contributed by atoms with Crippen molar-refractivity contribution in [1.29, 1.82) is 0 Å². The molecule has 0 fully saturated rings. The van der Waals surface area contributed by atoms with E-state index in [1.807, 2.05) is 11.8 Å². The molecule has 148 valence electrons. The van der Waals surface area contributed by atoms with E-state index in [0.717, 1.165) is 11.3 Å². The molecular weight excluding hydrogens is 393 g/mol. The molecular formula is C22H19ClFN3O2. The number of aryl methyl sites for hydroxylation is 2. The van der Waals surface area contributed by atoms with Gasteiger partial charge in [-0.15, -0.1) is 0 Å². The number of benzene rings is 2. The number of nitrogens with one attached hydrogen (secondary N) is 1. The van der Waals surface area contributed by atoms with Gasteiger partial charge in [0.25, 0.3) is 5.91 Å². The molecule has 1 N–H and O–H groups in total. The highest BCUT2D eigenvalue weighted by Gasteiger charge is 2.32. The Morgan fingerprint density at radius 2 is 1.72 bits per heavy atom. The van der Waals surface area contributed by atoms with E-state index in [0.29, 0.717) is 34.1 Å². The Morgan fingerprint density at radius 1 is 1.00 bits per heavy atom. The molecule has 3 aromatic rings. The van der Waals surface area contributed by atoms with Crippen molar-refractivity contribution in [2.75, 3.05) is 16.5 Å². The number of hydrogen-bond donors (Lipinski definition) is 1. The van der Waals surface area contributed by atoms with Crippen LogP contribution in [0.15, 0.2) is 53.3 Å². The maximum absolute atomic E-state index is 13.8. The summed E-state index contributed by atoms with van der Waals surface area (Å²) in [5, 5.41) is 0.451. The van der Waals surface area contributed by atoms with Crippen molar-refractivity contribution >= 4 is 34.6 Å². The van der Waals surface area contributed by atoms with E-state index in [4.69, 9.17) is 11.6 Å². The van der Waals surface area contributed by atoms with Crippen LogP contribution in [0.2, 0.25) is 5.02 Å². The fourth-order valence-corrected chi connectivity index (χ4v) is 3.87. The van der Waals surface area contributed by atoms with Gasteiger partial charge in [0, 0.05) is 22.5 Å². The van der Waals surface area contributed by atoms with Gasteiger partial charge in [-0.25, -0.2) is 4.39 Å². The van der Waals surface area contributed by atoms with E-state index in [2.05, 4.69) is 4.98 Å². The molecule has 1 aliphatic heterocycles. The molecule has 7 heteroatoms. The molecule has 1 aliphatic rings. The number of aromatic amines is 1. The normalized spacial score (nSPS) is 13.6. The average molecular weight is 412 g/mol. The van der Waals surface area contributed by atoms with Gasteiger partial charge in [0.05, 0.1) is 16.9 Å². The Kier molecular flexibility index (Phi) is 4.88. The van der Waals surface area contributed by atoms with E-state index < -0.39 is 0 Å². The summed E-state index contributed by atoms with van der Waals surface area (Å²) in [5.74, 6) is -0.516. The zero-order valence-electron chi connectivity index (χ0n) is 16.0. The summed E-state index contributed by atoms with van der Waals surface area (Å²) in [6.45, 7) is 3.93. The van der Waals surface area contributed by atoms with Gasteiger partial charge in [-0.1, -0.05) is 18.5 Å². The number of H-pyrrole nitrogens is 1. The lowest BCUT2D eigenvalue weighted by Crippen LogP contribution is -2.45. The first-order valence-electron chi connectivity index (χ1n) is 9.26. The molecule has 0 radical (unpaired) electrons.